The van der Waals surface area contributed by atoms with E-state index in [4.69, 9.17) is 5.73 Å². The van der Waals surface area contributed by atoms with Crippen LogP contribution in [-0.2, 0) is 6.42 Å². The van der Waals surface area contributed by atoms with Crippen LogP contribution in [0.1, 0.15) is 18.1 Å². The lowest BCUT2D eigenvalue weighted by Crippen LogP contribution is -2.26. The van der Waals surface area contributed by atoms with Crippen molar-refractivity contribution in [2.24, 2.45) is 0 Å². The van der Waals surface area contributed by atoms with Crippen molar-refractivity contribution in [3.63, 3.8) is 0 Å². The number of hydrogen-bond acceptors (Lipinski definition) is 3. The number of hydrogen-bond donors (Lipinski definition) is 1. The third-order valence-corrected chi connectivity index (χ3v) is 2.87. The van der Waals surface area contributed by atoms with Gasteiger partial charge in [-0.2, -0.15) is 4.79 Å². The Labute approximate surface area is 102 Å². The fourth-order valence-electron chi connectivity index (χ4n) is 1.92. The quantitative estimate of drug-likeness (QED) is 0.879. The molecule has 2 rings (SSSR count). The summed E-state index contributed by atoms with van der Waals surface area (Å²) in [4.78, 5) is 1.75. The molecule has 4 nitrogen and oxygen atoms in total. The molecule has 0 amide bonds. The fourth-order valence-corrected chi connectivity index (χ4v) is 1.92. The highest BCUT2D eigenvalue weighted by Gasteiger charge is 2.08. The van der Waals surface area contributed by atoms with Gasteiger partial charge in [-0.3, -0.25) is 5.01 Å². The van der Waals surface area contributed by atoms with E-state index in [1.807, 2.05) is 18.3 Å². The van der Waals surface area contributed by atoms with E-state index in [9.17, 15) is 0 Å². The average Bonchev–Trinajstić information content (AvgIpc) is 2.75. The fraction of sp³-hybridized carbons (Fsp3) is 0.308. The van der Waals surface area contributed by atoms with Crippen molar-refractivity contribution in [3.8, 4) is 0 Å². The van der Waals surface area contributed by atoms with Crippen LogP contribution in [0.15, 0.2) is 30.5 Å². The molecule has 1 aromatic carbocycles. The second kappa shape index (κ2) is 4.49. The van der Waals surface area contributed by atoms with E-state index in [2.05, 4.69) is 37.1 Å². The highest BCUT2D eigenvalue weighted by molar-refractivity contribution is 5.54. The smallest absolute Gasteiger partial charge is 0.147 e. The molecule has 90 valence electrons. The van der Waals surface area contributed by atoms with Crippen LogP contribution in [0.5, 0.6) is 0 Å². The molecule has 2 N–H and O–H groups in total. The van der Waals surface area contributed by atoms with Crippen LogP contribution in [-0.4, -0.2) is 16.9 Å². The molecule has 0 aliphatic carbocycles. The summed E-state index contributed by atoms with van der Waals surface area (Å²) in [6, 6.07) is 8.22. The summed E-state index contributed by atoms with van der Waals surface area (Å²) in [5.74, 6) is 0.530. The molecule has 2 aromatic rings. The summed E-state index contributed by atoms with van der Waals surface area (Å²) in [6.07, 6.45) is 2.85. The van der Waals surface area contributed by atoms with Crippen LogP contribution in [0.2, 0.25) is 0 Å². The lowest BCUT2D eigenvalue weighted by molar-refractivity contribution is 0.671. The van der Waals surface area contributed by atoms with Gasteiger partial charge in [0.15, 0.2) is 0 Å². The predicted molar refractivity (Wildman–Crippen MR) is 71.0 cm³/mol. The van der Waals surface area contributed by atoms with Crippen LogP contribution in [0.25, 0.3) is 0 Å². The third-order valence-electron chi connectivity index (χ3n) is 2.87. The number of aromatic nitrogens is 2. The van der Waals surface area contributed by atoms with E-state index in [1.165, 1.54) is 11.1 Å². The minimum atomic E-state index is 0.530. The van der Waals surface area contributed by atoms with Gasteiger partial charge in [0.1, 0.15) is 5.82 Å². The Morgan fingerprint density at radius 1 is 1.35 bits per heavy atom. The van der Waals surface area contributed by atoms with Gasteiger partial charge in [-0.05, 0) is 25.0 Å². The van der Waals surface area contributed by atoms with Crippen LogP contribution >= 0.6 is 0 Å². The minimum Gasteiger partial charge on any atom is -0.382 e. The molecule has 4 heteroatoms. The first-order valence-electron chi connectivity index (χ1n) is 5.76. The monoisotopic (exact) mass is 230 g/mol. The van der Waals surface area contributed by atoms with Gasteiger partial charge in [-0.1, -0.05) is 24.6 Å². The van der Waals surface area contributed by atoms with Crippen molar-refractivity contribution in [1.82, 2.24) is 9.89 Å². The lowest BCUT2D eigenvalue weighted by Gasteiger charge is -2.22. The van der Waals surface area contributed by atoms with Crippen molar-refractivity contribution in [1.29, 1.82) is 0 Å². The molecule has 0 saturated heterocycles. The number of benzene rings is 1. The lowest BCUT2D eigenvalue weighted by atomic mass is 10.1. The Kier molecular flexibility index (Phi) is 3.04. The number of nitrogen functional groups attached to an aromatic ring is 1. The van der Waals surface area contributed by atoms with E-state index < -0.39 is 0 Å². The van der Waals surface area contributed by atoms with Crippen molar-refractivity contribution in [2.45, 2.75) is 20.3 Å². The van der Waals surface area contributed by atoms with E-state index in [1.54, 1.807) is 10.9 Å². The number of nitrogens with two attached hydrogens (primary N) is 1. The Bertz CT molecular complexity index is 516. The second-order valence-electron chi connectivity index (χ2n) is 4.17. The third kappa shape index (κ3) is 2.25. The summed E-state index contributed by atoms with van der Waals surface area (Å²) in [7, 11) is 1.98. The van der Waals surface area contributed by atoms with Crippen molar-refractivity contribution in [3.05, 3.63) is 41.6 Å². The summed E-state index contributed by atoms with van der Waals surface area (Å²) in [6.45, 7) is 4.26. The molecule has 0 saturated carbocycles. The molecule has 0 bridgehead atoms. The maximum atomic E-state index is 5.63. The Hall–Kier alpha value is -1.97. The van der Waals surface area contributed by atoms with Gasteiger partial charge in [0.2, 0.25) is 0 Å². The van der Waals surface area contributed by atoms with E-state index >= 15 is 0 Å². The molecule has 0 unspecified atom stereocenters. The van der Waals surface area contributed by atoms with E-state index in [0.29, 0.717) is 5.82 Å². The molecular formula is C13H18N4. The van der Waals surface area contributed by atoms with Gasteiger partial charge in [0.05, 0.1) is 11.9 Å². The van der Waals surface area contributed by atoms with Gasteiger partial charge < -0.3 is 5.73 Å². The van der Waals surface area contributed by atoms with Gasteiger partial charge in [-0.25, -0.2) is 0 Å². The zero-order valence-corrected chi connectivity index (χ0v) is 10.5. The Morgan fingerprint density at radius 2 is 2.12 bits per heavy atom. The van der Waals surface area contributed by atoms with E-state index in [-0.39, 0.29) is 0 Å². The first kappa shape index (κ1) is 11.5. The normalized spacial score (nSPS) is 10.5. The van der Waals surface area contributed by atoms with Crippen LogP contribution in [0.4, 0.5) is 11.5 Å². The largest absolute Gasteiger partial charge is 0.382 e. The van der Waals surface area contributed by atoms with E-state index in [0.717, 1.165) is 12.1 Å². The second-order valence-corrected chi connectivity index (χ2v) is 4.17. The van der Waals surface area contributed by atoms with Crippen LogP contribution < -0.4 is 10.7 Å². The average molecular weight is 230 g/mol. The predicted octanol–water partition coefficient (Wildman–Crippen LogP) is 2.24. The van der Waals surface area contributed by atoms with Gasteiger partial charge in [0, 0.05) is 13.1 Å². The van der Waals surface area contributed by atoms with Gasteiger partial charge in [0.25, 0.3) is 0 Å². The van der Waals surface area contributed by atoms with Crippen molar-refractivity contribution in [2.75, 3.05) is 17.8 Å². The molecule has 0 radical (unpaired) electrons. The minimum absolute atomic E-state index is 0.530. The Balaban J connectivity index is 2.39. The first-order valence-corrected chi connectivity index (χ1v) is 5.76. The summed E-state index contributed by atoms with van der Waals surface area (Å²) in [5.41, 5.74) is 9.37. The highest BCUT2D eigenvalue weighted by Crippen LogP contribution is 2.22. The highest BCUT2D eigenvalue weighted by atomic mass is 15.6. The van der Waals surface area contributed by atoms with Crippen LogP contribution in [0.3, 0.4) is 0 Å². The number of aryl methyl sites for hydroxylation is 2. The molecule has 0 atom stereocenters. The SMILES string of the molecule is CCc1cc(C)ccc1N(C)n1ccc(N)n1. The topological polar surface area (TPSA) is 47.1 Å². The standard InChI is InChI=1S/C13H18N4/c1-4-11-9-10(2)5-6-12(11)16(3)17-8-7-13(14)15-17/h5-9H,4H2,1-3H3,(H2,14,15). The zero-order valence-electron chi connectivity index (χ0n) is 10.5. The molecule has 0 fully saturated rings. The molecular weight excluding hydrogens is 212 g/mol. The summed E-state index contributed by atoms with van der Waals surface area (Å²) < 4.78 is 0. The van der Waals surface area contributed by atoms with Crippen LogP contribution in [0, 0.1) is 6.92 Å². The van der Waals surface area contributed by atoms with Crippen molar-refractivity contribution < 1.29 is 0 Å². The molecule has 0 aliphatic rings. The maximum Gasteiger partial charge on any atom is 0.147 e. The molecule has 0 spiro atoms. The van der Waals surface area contributed by atoms with Crippen molar-refractivity contribution >= 4 is 11.5 Å². The van der Waals surface area contributed by atoms with Gasteiger partial charge in [-0.15, -0.1) is 5.10 Å². The summed E-state index contributed by atoms with van der Waals surface area (Å²) in [5, 5.41) is 6.20. The number of nitrogens with zero attached hydrogens (tertiary/aromatic N) is 3. The Morgan fingerprint density at radius 3 is 2.71 bits per heavy atom. The molecule has 1 heterocycles. The zero-order chi connectivity index (χ0) is 12.4. The molecule has 1 aromatic heterocycles. The number of anilines is 2. The summed E-state index contributed by atoms with van der Waals surface area (Å²) >= 11 is 0. The molecule has 17 heavy (non-hydrogen) atoms. The molecule has 0 aliphatic heterocycles. The number of rotatable bonds is 3. The first-order chi connectivity index (χ1) is 8.11. The van der Waals surface area contributed by atoms with Gasteiger partial charge >= 0.3 is 0 Å². The maximum absolute atomic E-state index is 5.63.